The number of benzene rings is 1. The summed E-state index contributed by atoms with van der Waals surface area (Å²) in [5.41, 5.74) is 1.50. The van der Waals surface area contributed by atoms with Crippen LogP contribution in [0.25, 0.3) is 11.3 Å². The van der Waals surface area contributed by atoms with Gasteiger partial charge in [-0.05, 0) is 37.1 Å². The summed E-state index contributed by atoms with van der Waals surface area (Å²) in [6.07, 6.45) is -5.03. The van der Waals surface area contributed by atoms with Gasteiger partial charge in [0.15, 0.2) is 0 Å². The fourth-order valence-electron chi connectivity index (χ4n) is 2.05. The van der Waals surface area contributed by atoms with E-state index >= 15 is 0 Å². The maximum absolute atomic E-state index is 12.9. The number of halogens is 4. The number of alkyl halides is 3. The molecule has 0 aliphatic heterocycles. The van der Waals surface area contributed by atoms with Crippen LogP contribution in [0.15, 0.2) is 30.5 Å². The van der Waals surface area contributed by atoms with Crippen molar-refractivity contribution in [3.05, 3.63) is 41.8 Å². The topological polar surface area (TPSA) is 48.9 Å². The molecular formula is C14H14F4N2O. The molecule has 0 bridgehead atoms. The van der Waals surface area contributed by atoms with Gasteiger partial charge in [0.1, 0.15) is 5.82 Å². The van der Waals surface area contributed by atoms with Crippen LogP contribution in [0.4, 0.5) is 17.6 Å². The number of aliphatic hydroxyl groups excluding tert-OH is 1. The maximum atomic E-state index is 12.9. The minimum Gasteiger partial charge on any atom is -0.388 e. The molecule has 1 heterocycles. The minimum absolute atomic E-state index is 0.0206. The smallest absolute Gasteiger partial charge is 0.388 e. The summed E-state index contributed by atoms with van der Waals surface area (Å²) < 4.78 is 49.2. The minimum atomic E-state index is -4.23. The summed E-state index contributed by atoms with van der Waals surface area (Å²) >= 11 is 0. The quantitative estimate of drug-likeness (QED) is 0.821. The van der Waals surface area contributed by atoms with Crippen LogP contribution in [-0.4, -0.2) is 21.5 Å². The fraction of sp³-hybridized carbons (Fsp3) is 0.357. The Balaban J connectivity index is 2.07. The maximum Gasteiger partial charge on any atom is 0.389 e. The van der Waals surface area contributed by atoms with Gasteiger partial charge in [0.05, 0.1) is 18.0 Å². The summed E-state index contributed by atoms with van der Waals surface area (Å²) in [6.45, 7) is 0. The number of aromatic amines is 1. The van der Waals surface area contributed by atoms with Gasteiger partial charge in [-0.3, -0.25) is 5.10 Å². The molecule has 0 spiro atoms. The molecule has 0 aliphatic carbocycles. The number of nitrogens with one attached hydrogen (secondary N) is 1. The van der Waals surface area contributed by atoms with Crippen LogP contribution < -0.4 is 0 Å². The number of hydrogen-bond acceptors (Lipinski definition) is 2. The van der Waals surface area contributed by atoms with Gasteiger partial charge in [0, 0.05) is 17.5 Å². The Labute approximate surface area is 118 Å². The van der Waals surface area contributed by atoms with E-state index in [4.69, 9.17) is 0 Å². The van der Waals surface area contributed by atoms with E-state index in [9.17, 15) is 22.7 Å². The third kappa shape index (κ3) is 4.29. The normalized spacial score (nSPS) is 13.4. The van der Waals surface area contributed by atoms with Gasteiger partial charge in [0.2, 0.25) is 0 Å². The molecule has 1 unspecified atom stereocenters. The second-order valence-corrected chi connectivity index (χ2v) is 4.73. The molecule has 1 atom stereocenters. The number of H-pyrrole nitrogens is 1. The molecule has 0 saturated carbocycles. The van der Waals surface area contributed by atoms with E-state index in [0.29, 0.717) is 16.8 Å². The van der Waals surface area contributed by atoms with E-state index in [2.05, 4.69) is 10.2 Å². The van der Waals surface area contributed by atoms with Crippen LogP contribution in [0.3, 0.4) is 0 Å². The largest absolute Gasteiger partial charge is 0.389 e. The van der Waals surface area contributed by atoms with Crippen LogP contribution in [0.5, 0.6) is 0 Å². The van der Waals surface area contributed by atoms with Crippen LogP contribution in [0.2, 0.25) is 0 Å². The molecule has 2 N–H and O–H groups in total. The molecule has 2 aromatic rings. The molecule has 0 amide bonds. The molecule has 0 aliphatic rings. The zero-order valence-corrected chi connectivity index (χ0v) is 11.0. The molecule has 3 nitrogen and oxygen atoms in total. The van der Waals surface area contributed by atoms with Gasteiger partial charge in [-0.2, -0.15) is 18.3 Å². The average molecular weight is 302 g/mol. The van der Waals surface area contributed by atoms with Crippen molar-refractivity contribution in [1.29, 1.82) is 0 Å². The highest BCUT2D eigenvalue weighted by Gasteiger charge is 2.27. The Morgan fingerprint density at radius 2 is 1.86 bits per heavy atom. The number of hydrogen-bond donors (Lipinski definition) is 2. The molecule has 1 aromatic carbocycles. The lowest BCUT2D eigenvalue weighted by atomic mass is 10.0. The third-order valence-corrected chi connectivity index (χ3v) is 3.10. The Bertz CT molecular complexity index is 577. The van der Waals surface area contributed by atoms with Crippen LogP contribution in [0, 0.1) is 5.82 Å². The first-order chi connectivity index (χ1) is 9.87. The second kappa shape index (κ2) is 6.26. The molecular weight excluding hydrogens is 288 g/mol. The summed E-state index contributed by atoms with van der Waals surface area (Å²) in [4.78, 5) is 0. The average Bonchev–Trinajstić information content (AvgIpc) is 2.87. The van der Waals surface area contributed by atoms with Gasteiger partial charge < -0.3 is 5.11 Å². The number of aromatic nitrogens is 2. The Kier molecular flexibility index (Phi) is 4.62. The summed E-state index contributed by atoms with van der Waals surface area (Å²) in [7, 11) is 0. The van der Waals surface area contributed by atoms with Crippen molar-refractivity contribution in [3.63, 3.8) is 0 Å². The SMILES string of the molecule is OC(CCCC(F)(F)F)c1cn[nH]c1-c1ccc(F)cc1. The van der Waals surface area contributed by atoms with E-state index in [1.54, 1.807) is 0 Å². The Morgan fingerprint density at radius 1 is 1.19 bits per heavy atom. The first-order valence-corrected chi connectivity index (χ1v) is 6.41. The van der Waals surface area contributed by atoms with Crippen molar-refractivity contribution in [2.75, 3.05) is 0 Å². The third-order valence-electron chi connectivity index (χ3n) is 3.10. The van der Waals surface area contributed by atoms with Gasteiger partial charge in [-0.25, -0.2) is 4.39 Å². The van der Waals surface area contributed by atoms with Gasteiger partial charge in [0.25, 0.3) is 0 Å². The van der Waals surface area contributed by atoms with Gasteiger partial charge >= 0.3 is 6.18 Å². The van der Waals surface area contributed by atoms with Crippen LogP contribution >= 0.6 is 0 Å². The lowest BCUT2D eigenvalue weighted by Crippen LogP contribution is -2.08. The van der Waals surface area contributed by atoms with E-state index in [0.717, 1.165) is 0 Å². The van der Waals surface area contributed by atoms with Gasteiger partial charge in [-0.1, -0.05) is 0 Å². The predicted octanol–water partition coefficient (Wildman–Crippen LogP) is 3.98. The molecule has 1 aromatic heterocycles. The first kappa shape index (κ1) is 15.5. The van der Waals surface area contributed by atoms with E-state index in [1.165, 1.54) is 30.5 Å². The van der Waals surface area contributed by atoms with Crippen molar-refractivity contribution in [3.8, 4) is 11.3 Å². The molecule has 2 rings (SSSR count). The summed E-state index contributed by atoms with van der Waals surface area (Å²) in [5, 5.41) is 16.5. The van der Waals surface area contributed by atoms with E-state index in [1.807, 2.05) is 0 Å². The lowest BCUT2D eigenvalue weighted by molar-refractivity contribution is -0.136. The predicted molar refractivity (Wildman–Crippen MR) is 68.8 cm³/mol. The fourth-order valence-corrected chi connectivity index (χ4v) is 2.05. The first-order valence-electron chi connectivity index (χ1n) is 6.41. The molecule has 0 radical (unpaired) electrons. The van der Waals surface area contributed by atoms with Gasteiger partial charge in [-0.15, -0.1) is 0 Å². The van der Waals surface area contributed by atoms with Crippen molar-refractivity contribution in [2.45, 2.75) is 31.5 Å². The molecule has 114 valence electrons. The van der Waals surface area contributed by atoms with E-state index in [-0.39, 0.29) is 12.8 Å². The zero-order chi connectivity index (χ0) is 15.5. The van der Waals surface area contributed by atoms with Crippen molar-refractivity contribution < 1.29 is 22.7 Å². The van der Waals surface area contributed by atoms with Crippen LogP contribution in [-0.2, 0) is 0 Å². The lowest BCUT2D eigenvalue weighted by Gasteiger charge is -2.12. The molecule has 7 heteroatoms. The highest BCUT2D eigenvalue weighted by Crippen LogP contribution is 2.30. The van der Waals surface area contributed by atoms with Crippen LogP contribution in [0.1, 0.15) is 30.9 Å². The molecule has 0 fully saturated rings. The van der Waals surface area contributed by atoms with Crippen molar-refractivity contribution in [1.82, 2.24) is 10.2 Å². The standard InChI is InChI=1S/C14H14F4N2O/c15-10-5-3-9(4-6-10)13-11(8-19-20-13)12(21)2-1-7-14(16,17)18/h3-6,8,12,21H,1-2,7H2,(H,19,20). The highest BCUT2D eigenvalue weighted by atomic mass is 19.4. The monoisotopic (exact) mass is 302 g/mol. The summed E-state index contributed by atoms with van der Waals surface area (Å²) in [5.74, 6) is -0.398. The number of rotatable bonds is 5. The van der Waals surface area contributed by atoms with Crippen molar-refractivity contribution >= 4 is 0 Å². The Hall–Kier alpha value is -1.89. The zero-order valence-electron chi connectivity index (χ0n) is 11.0. The highest BCUT2D eigenvalue weighted by molar-refractivity contribution is 5.62. The number of nitrogens with zero attached hydrogens (tertiary/aromatic N) is 1. The summed E-state index contributed by atoms with van der Waals surface area (Å²) in [6, 6.07) is 5.54. The molecule has 21 heavy (non-hydrogen) atoms. The Morgan fingerprint density at radius 3 is 2.48 bits per heavy atom. The van der Waals surface area contributed by atoms with Crippen molar-refractivity contribution in [2.24, 2.45) is 0 Å². The second-order valence-electron chi connectivity index (χ2n) is 4.73. The van der Waals surface area contributed by atoms with E-state index < -0.39 is 24.5 Å². The molecule has 0 saturated heterocycles. The number of aliphatic hydroxyl groups is 1.